The summed E-state index contributed by atoms with van der Waals surface area (Å²) in [4.78, 5) is 12.3. The van der Waals surface area contributed by atoms with Crippen LogP contribution in [0.25, 0.3) is 0 Å². The van der Waals surface area contributed by atoms with Crippen LogP contribution < -0.4 is 20.1 Å². The fourth-order valence-corrected chi connectivity index (χ4v) is 2.69. The molecule has 0 radical (unpaired) electrons. The molecule has 1 aromatic carbocycles. The Hall–Kier alpha value is -1.75. The lowest BCUT2D eigenvalue weighted by molar-refractivity contribution is -0.124. The highest BCUT2D eigenvalue weighted by atomic mass is 16.5. The van der Waals surface area contributed by atoms with Gasteiger partial charge in [0.05, 0.1) is 26.3 Å². The summed E-state index contributed by atoms with van der Waals surface area (Å²) >= 11 is 0. The van der Waals surface area contributed by atoms with Gasteiger partial charge in [-0.2, -0.15) is 0 Å². The number of carbonyl (C=O) groups excluding carboxylic acids is 1. The highest BCUT2D eigenvalue weighted by Crippen LogP contribution is 2.30. The van der Waals surface area contributed by atoms with Crippen molar-refractivity contribution >= 4 is 5.91 Å². The molecule has 3 atom stereocenters. The molecule has 5 nitrogen and oxygen atoms in total. The minimum atomic E-state index is -0.0902. The van der Waals surface area contributed by atoms with Gasteiger partial charge < -0.3 is 20.1 Å². The van der Waals surface area contributed by atoms with Gasteiger partial charge in [0.1, 0.15) is 0 Å². The Morgan fingerprint density at radius 1 is 1.33 bits per heavy atom. The molecule has 0 spiro atoms. The Kier molecular flexibility index (Phi) is 5.07. The number of amides is 1. The number of ether oxygens (including phenoxy) is 2. The SMILES string of the molecule is COc1ccc(C(C)NC(=O)C2NCCC2C)cc1OC. The zero-order chi connectivity index (χ0) is 15.4. The Balaban J connectivity index is 2.06. The molecule has 1 heterocycles. The third-order valence-corrected chi connectivity index (χ3v) is 4.08. The van der Waals surface area contributed by atoms with Crippen molar-refractivity contribution in [2.75, 3.05) is 20.8 Å². The van der Waals surface area contributed by atoms with E-state index in [0.29, 0.717) is 17.4 Å². The molecule has 116 valence electrons. The lowest BCUT2D eigenvalue weighted by Gasteiger charge is -2.20. The van der Waals surface area contributed by atoms with Crippen molar-refractivity contribution in [3.63, 3.8) is 0 Å². The number of methoxy groups -OCH3 is 2. The van der Waals surface area contributed by atoms with Gasteiger partial charge in [0, 0.05) is 0 Å². The van der Waals surface area contributed by atoms with E-state index in [9.17, 15) is 4.79 Å². The van der Waals surface area contributed by atoms with E-state index in [0.717, 1.165) is 18.5 Å². The van der Waals surface area contributed by atoms with Crippen LogP contribution in [0.5, 0.6) is 11.5 Å². The average molecular weight is 292 g/mol. The van der Waals surface area contributed by atoms with E-state index < -0.39 is 0 Å². The Morgan fingerprint density at radius 3 is 2.62 bits per heavy atom. The number of benzene rings is 1. The second kappa shape index (κ2) is 6.80. The summed E-state index contributed by atoms with van der Waals surface area (Å²) in [5.74, 6) is 1.79. The van der Waals surface area contributed by atoms with E-state index in [-0.39, 0.29) is 18.0 Å². The first-order valence-corrected chi connectivity index (χ1v) is 7.32. The van der Waals surface area contributed by atoms with Crippen molar-refractivity contribution in [1.82, 2.24) is 10.6 Å². The van der Waals surface area contributed by atoms with Gasteiger partial charge in [-0.25, -0.2) is 0 Å². The summed E-state index contributed by atoms with van der Waals surface area (Å²) in [6.07, 6.45) is 1.04. The van der Waals surface area contributed by atoms with Crippen LogP contribution in [-0.2, 0) is 4.79 Å². The number of hydrogen-bond donors (Lipinski definition) is 2. The van der Waals surface area contributed by atoms with E-state index in [1.54, 1.807) is 14.2 Å². The molecular formula is C16H24N2O3. The first-order chi connectivity index (χ1) is 10.1. The van der Waals surface area contributed by atoms with Gasteiger partial charge in [-0.3, -0.25) is 4.79 Å². The minimum Gasteiger partial charge on any atom is -0.493 e. The Bertz CT molecular complexity index is 504. The first-order valence-electron chi connectivity index (χ1n) is 7.32. The minimum absolute atomic E-state index is 0.0577. The maximum absolute atomic E-state index is 12.3. The van der Waals surface area contributed by atoms with E-state index in [2.05, 4.69) is 17.6 Å². The van der Waals surface area contributed by atoms with Gasteiger partial charge in [-0.15, -0.1) is 0 Å². The third-order valence-electron chi connectivity index (χ3n) is 4.08. The predicted octanol–water partition coefficient (Wildman–Crippen LogP) is 1.88. The highest BCUT2D eigenvalue weighted by Gasteiger charge is 2.30. The molecule has 1 fully saturated rings. The van der Waals surface area contributed by atoms with Crippen LogP contribution in [0.15, 0.2) is 18.2 Å². The number of carbonyl (C=O) groups is 1. The standard InChI is InChI=1S/C16H24N2O3/c1-10-7-8-17-15(10)16(19)18-11(2)12-5-6-13(20-3)14(9-12)21-4/h5-6,9-11,15,17H,7-8H2,1-4H3,(H,18,19). The van der Waals surface area contributed by atoms with E-state index in [1.807, 2.05) is 25.1 Å². The largest absolute Gasteiger partial charge is 0.493 e. The van der Waals surface area contributed by atoms with Crippen molar-refractivity contribution in [2.24, 2.45) is 5.92 Å². The second-order valence-corrected chi connectivity index (χ2v) is 5.54. The summed E-state index contributed by atoms with van der Waals surface area (Å²) in [6.45, 7) is 4.98. The van der Waals surface area contributed by atoms with E-state index >= 15 is 0 Å². The van der Waals surface area contributed by atoms with Gasteiger partial charge in [0.15, 0.2) is 11.5 Å². The fraction of sp³-hybridized carbons (Fsp3) is 0.562. The van der Waals surface area contributed by atoms with Crippen LogP contribution in [0.2, 0.25) is 0 Å². The molecule has 2 N–H and O–H groups in total. The lowest BCUT2D eigenvalue weighted by atomic mass is 10.0. The second-order valence-electron chi connectivity index (χ2n) is 5.54. The summed E-state index contributed by atoms with van der Waals surface area (Å²) in [6, 6.07) is 5.53. The summed E-state index contributed by atoms with van der Waals surface area (Å²) in [7, 11) is 3.21. The van der Waals surface area contributed by atoms with Crippen molar-refractivity contribution in [3.05, 3.63) is 23.8 Å². The van der Waals surface area contributed by atoms with E-state index in [4.69, 9.17) is 9.47 Å². The predicted molar refractivity (Wildman–Crippen MR) is 81.7 cm³/mol. The molecule has 2 rings (SSSR count). The van der Waals surface area contributed by atoms with Gasteiger partial charge in [-0.1, -0.05) is 13.0 Å². The zero-order valence-corrected chi connectivity index (χ0v) is 13.1. The monoisotopic (exact) mass is 292 g/mol. The molecule has 5 heteroatoms. The lowest BCUT2D eigenvalue weighted by Crippen LogP contribution is -2.44. The van der Waals surface area contributed by atoms with Gasteiger partial charge >= 0.3 is 0 Å². The highest BCUT2D eigenvalue weighted by molar-refractivity contribution is 5.82. The van der Waals surface area contributed by atoms with Crippen LogP contribution in [0.3, 0.4) is 0 Å². The molecule has 0 bridgehead atoms. The van der Waals surface area contributed by atoms with Gasteiger partial charge in [-0.05, 0) is 43.5 Å². The summed E-state index contributed by atoms with van der Waals surface area (Å²) in [5.41, 5.74) is 0.992. The van der Waals surface area contributed by atoms with Gasteiger partial charge in [0.25, 0.3) is 0 Å². The Morgan fingerprint density at radius 2 is 2.05 bits per heavy atom. The van der Waals surface area contributed by atoms with Crippen molar-refractivity contribution in [2.45, 2.75) is 32.4 Å². The average Bonchev–Trinajstić information content (AvgIpc) is 2.92. The maximum atomic E-state index is 12.3. The molecule has 0 aromatic heterocycles. The molecule has 21 heavy (non-hydrogen) atoms. The Labute approximate surface area is 126 Å². The molecule has 1 saturated heterocycles. The number of rotatable bonds is 5. The molecule has 0 saturated carbocycles. The van der Waals surface area contributed by atoms with Gasteiger partial charge in [0.2, 0.25) is 5.91 Å². The van der Waals surface area contributed by atoms with Crippen LogP contribution in [0, 0.1) is 5.92 Å². The quantitative estimate of drug-likeness (QED) is 0.870. The smallest absolute Gasteiger partial charge is 0.237 e. The third kappa shape index (κ3) is 3.47. The molecular weight excluding hydrogens is 268 g/mol. The molecule has 1 aliphatic rings. The van der Waals surface area contributed by atoms with Crippen molar-refractivity contribution in [3.8, 4) is 11.5 Å². The fourth-order valence-electron chi connectivity index (χ4n) is 2.69. The topological polar surface area (TPSA) is 59.6 Å². The maximum Gasteiger partial charge on any atom is 0.237 e. The normalized spacial score (nSPS) is 22.7. The van der Waals surface area contributed by atoms with Crippen molar-refractivity contribution < 1.29 is 14.3 Å². The molecule has 0 aliphatic carbocycles. The van der Waals surface area contributed by atoms with Crippen LogP contribution in [-0.4, -0.2) is 32.7 Å². The van der Waals surface area contributed by atoms with Crippen LogP contribution >= 0.6 is 0 Å². The molecule has 3 unspecified atom stereocenters. The molecule has 1 aromatic rings. The van der Waals surface area contributed by atoms with Crippen LogP contribution in [0.4, 0.5) is 0 Å². The number of hydrogen-bond acceptors (Lipinski definition) is 4. The molecule has 1 aliphatic heterocycles. The van der Waals surface area contributed by atoms with Crippen molar-refractivity contribution in [1.29, 1.82) is 0 Å². The van der Waals surface area contributed by atoms with E-state index in [1.165, 1.54) is 0 Å². The molecule has 1 amide bonds. The number of nitrogens with one attached hydrogen (secondary N) is 2. The summed E-state index contributed by atoms with van der Waals surface area (Å²) in [5, 5.41) is 6.31. The zero-order valence-electron chi connectivity index (χ0n) is 13.1. The van der Waals surface area contributed by atoms with Crippen LogP contribution in [0.1, 0.15) is 31.9 Å². The first kappa shape index (κ1) is 15.6. The summed E-state index contributed by atoms with van der Waals surface area (Å²) < 4.78 is 10.5.